The van der Waals surface area contributed by atoms with Gasteiger partial charge in [0.1, 0.15) is 0 Å². The molecule has 0 heterocycles. The first-order valence-electron chi connectivity index (χ1n) is 6.11. The van der Waals surface area contributed by atoms with Crippen LogP contribution in [0.1, 0.15) is 51.9 Å². The molecule has 0 rings (SSSR count). The van der Waals surface area contributed by atoms with Gasteiger partial charge in [-0.1, -0.05) is 6.92 Å². The summed E-state index contributed by atoms with van der Waals surface area (Å²) >= 11 is 0. The topological polar surface area (TPSA) is 83.8 Å². The number of carbonyl (C=O) groups is 2. The van der Waals surface area contributed by atoms with Crippen molar-refractivity contribution in [1.29, 1.82) is 0 Å². The van der Waals surface area contributed by atoms with Crippen LogP contribution >= 0.6 is 0 Å². The van der Waals surface area contributed by atoms with Crippen LogP contribution in [0.25, 0.3) is 0 Å². The summed E-state index contributed by atoms with van der Waals surface area (Å²) in [5, 5.41) is 17.6. The van der Waals surface area contributed by atoms with Crippen molar-refractivity contribution in [2.24, 2.45) is 0 Å². The van der Waals surface area contributed by atoms with Crippen molar-refractivity contribution in [3.05, 3.63) is 0 Å². The first kappa shape index (κ1) is 15.9. The third-order valence-corrected chi connectivity index (χ3v) is 2.44. The number of aliphatic hydroxyl groups excluding tert-OH is 1. The maximum absolute atomic E-state index is 11.1. The number of unbranched alkanes of at least 4 members (excludes halogenated alkanes) is 1. The lowest BCUT2D eigenvalue weighted by molar-refractivity contribution is -0.144. The lowest BCUT2D eigenvalue weighted by Crippen LogP contribution is -2.08. The summed E-state index contributed by atoms with van der Waals surface area (Å²) in [4.78, 5) is 21.3. The number of hydrogen-bond acceptors (Lipinski definition) is 4. The zero-order valence-electron chi connectivity index (χ0n) is 10.4. The maximum atomic E-state index is 11.1. The molecule has 5 nitrogen and oxygen atoms in total. The summed E-state index contributed by atoms with van der Waals surface area (Å²) in [7, 11) is 0. The Balaban J connectivity index is 3.30. The monoisotopic (exact) mass is 246 g/mol. The molecular formula is C12H22O5. The molecule has 0 aromatic heterocycles. The molecule has 0 radical (unpaired) electrons. The molecule has 0 bridgehead atoms. The third-order valence-electron chi connectivity index (χ3n) is 2.44. The summed E-state index contributed by atoms with van der Waals surface area (Å²) in [5.74, 6) is -1.24. The molecule has 2 N–H and O–H groups in total. The zero-order chi connectivity index (χ0) is 13.1. The quantitative estimate of drug-likeness (QED) is 0.453. The molecular weight excluding hydrogens is 224 g/mol. The molecule has 1 atom stereocenters. The Kier molecular flexibility index (Phi) is 9.43. The van der Waals surface area contributed by atoms with Crippen LogP contribution in [-0.4, -0.2) is 34.9 Å². The van der Waals surface area contributed by atoms with E-state index < -0.39 is 5.97 Å². The Morgan fingerprint density at radius 2 is 1.88 bits per heavy atom. The fourth-order valence-electron chi connectivity index (χ4n) is 1.33. The highest BCUT2D eigenvalue weighted by Crippen LogP contribution is 2.05. The molecule has 0 fully saturated rings. The van der Waals surface area contributed by atoms with Crippen LogP contribution in [0, 0.1) is 0 Å². The van der Waals surface area contributed by atoms with Crippen molar-refractivity contribution in [1.82, 2.24) is 0 Å². The molecule has 0 saturated heterocycles. The van der Waals surface area contributed by atoms with Gasteiger partial charge in [0.25, 0.3) is 0 Å². The summed E-state index contributed by atoms with van der Waals surface area (Å²) in [6.07, 6.45) is 3.26. The van der Waals surface area contributed by atoms with E-state index in [0.29, 0.717) is 13.0 Å². The number of aliphatic hydroxyl groups is 1. The van der Waals surface area contributed by atoms with Gasteiger partial charge in [0.2, 0.25) is 0 Å². The van der Waals surface area contributed by atoms with E-state index in [0.717, 1.165) is 25.7 Å². The fraction of sp³-hybridized carbons (Fsp3) is 0.833. The molecule has 0 aliphatic carbocycles. The van der Waals surface area contributed by atoms with Crippen LogP contribution in [0.3, 0.4) is 0 Å². The molecule has 17 heavy (non-hydrogen) atoms. The predicted molar refractivity (Wildman–Crippen MR) is 62.6 cm³/mol. The number of esters is 1. The Bertz CT molecular complexity index is 227. The minimum absolute atomic E-state index is 0.00219. The van der Waals surface area contributed by atoms with E-state index in [9.17, 15) is 14.7 Å². The van der Waals surface area contributed by atoms with E-state index in [1.54, 1.807) is 0 Å². The van der Waals surface area contributed by atoms with E-state index >= 15 is 0 Å². The van der Waals surface area contributed by atoms with Crippen LogP contribution < -0.4 is 0 Å². The van der Waals surface area contributed by atoms with Gasteiger partial charge in [0.05, 0.1) is 12.7 Å². The van der Waals surface area contributed by atoms with Gasteiger partial charge in [-0.2, -0.15) is 0 Å². The van der Waals surface area contributed by atoms with Gasteiger partial charge in [-0.15, -0.1) is 0 Å². The number of carboxylic acids is 1. The standard InChI is InChI=1S/C12H22O5/c1-2-10(13)6-3-4-9-17-12(16)8-5-7-11(14)15/h10,13H,2-9H2,1H3,(H,14,15). The Labute approximate surface area is 102 Å². The van der Waals surface area contributed by atoms with Gasteiger partial charge in [-0.3, -0.25) is 9.59 Å². The number of rotatable bonds is 10. The predicted octanol–water partition coefficient (Wildman–Crippen LogP) is 1.73. The fourth-order valence-corrected chi connectivity index (χ4v) is 1.33. The molecule has 0 saturated carbocycles. The van der Waals surface area contributed by atoms with Crippen LogP contribution in [-0.2, 0) is 14.3 Å². The zero-order valence-corrected chi connectivity index (χ0v) is 10.4. The van der Waals surface area contributed by atoms with Crippen LogP contribution in [0.2, 0.25) is 0 Å². The van der Waals surface area contributed by atoms with Gasteiger partial charge in [0.15, 0.2) is 0 Å². The molecule has 5 heteroatoms. The highest BCUT2D eigenvalue weighted by molar-refractivity contribution is 5.71. The van der Waals surface area contributed by atoms with Gasteiger partial charge in [-0.25, -0.2) is 0 Å². The number of hydrogen-bond donors (Lipinski definition) is 2. The molecule has 0 aromatic carbocycles. The van der Waals surface area contributed by atoms with E-state index in [1.807, 2.05) is 6.92 Å². The second kappa shape index (κ2) is 10.1. The third kappa shape index (κ3) is 11.2. The SMILES string of the molecule is CCC(O)CCCCOC(=O)CCCC(=O)O. The van der Waals surface area contributed by atoms with Crippen molar-refractivity contribution in [2.75, 3.05) is 6.61 Å². The minimum atomic E-state index is -0.897. The van der Waals surface area contributed by atoms with Crippen molar-refractivity contribution in [3.8, 4) is 0 Å². The van der Waals surface area contributed by atoms with Gasteiger partial charge >= 0.3 is 11.9 Å². The second-order valence-electron chi connectivity index (χ2n) is 4.03. The van der Waals surface area contributed by atoms with E-state index in [4.69, 9.17) is 9.84 Å². The number of ether oxygens (including phenoxy) is 1. The van der Waals surface area contributed by atoms with E-state index in [1.165, 1.54) is 0 Å². The Hall–Kier alpha value is -1.10. The molecule has 100 valence electrons. The lowest BCUT2D eigenvalue weighted by Gasteiger charge is -2.07. The number of carbonyl (C=O) groups excluding carboxylic acids is 1. The molecule has 0 aliphatic heterocycles. The minimum Gasteiger partial charge on any atom is -0.481 e. The Morgan fingerprint density at radius 3 is 2.47 bits per heavy atom. The molecule has 0 spiro atoms. The average Bonchev–Trinajstić information content (AvgIpc) is 2.27. The number of carboxylic acid groups (broad SMARTS) is 1. The van der Waals surface area contributed by atoms with Crippen LogP contribution in [0.5, 0.6) is 0 Å². The Morgan fingerprint density at radius 1 is 1.18 bits per heavy atom. The lowest BCUT2D eigenvalue weighted by atomic mass is 10.1. The van der Waals surface area contributed by atoms with Crippen molar-refractivity contribution < 1.29 is 24.5 Å². The molecule has 0 aromatic rings. The highest BCUT2D eigenvalue weighted by atomic mass is 16.5. The molecule has 1 unspecified atom stereocenters. The summed E-state index contributed by atoms with van der Waals surface area (Å²) < 4.78 is 4.93. The highest BCUT2D eigenvalue weighted by Gasteiger charge is 2.05. The summed E-state index contributed by atoms with van der Waals surface area (Å²) in [5.41, 5.74) is 0. The summed E-state index contributed by atoms with van der Waals surface area (Å²) in [6.45, 7) is 2.27. The smallest absolute Gasteiger partial charge is 0.305 e. The van der Waals surface area contributed by atoms with Gasteiger partial charge in [-0.05, 0) is 32.1 Å². The van der Waals surface area contributed by atoms with Crippen LogP contribution in [0.4, 0.5) is 0 Å². The van der Waals surface area contributed by atoms with Crippen LogP contribution in [0.15, 0.2) is 0 Å². The average molecular weight is 246 g/mol. The first-order chi connectivity index (χ1) is 8.06. The number of aliphatic carboxylic acids is 1. The van der Waals surface area contributed by atoms with Crippen molar-refractivity contribution in [3.63, 3.8) is 0 Å². The second-order valence-corrected chi connectivity index (χ2v) is 4.03. The van der Waals surface area contributed by atoms with Gasteiger partial charge < -0.3 is 14.9 Å². The van der Waals surface area contributed by atoms with Gasteiger partial charge in [0, 0.05) is 12.8 Å². The molecule has 0 amide bonds. The van der Waals surface area contributed by atoms with E-state index in [2.05, 4.69) is 0 Å². The van der Waals surface area contributed by atoms with Crippen molar-refractivity contribution >= 4 is 11.9 Å². The maximum Gasteiger partial charge on any atom is 0.305 e. The molecule has 0 aliphatic rings. The van der Waals surface area contributed by atoms with E-state index in [-0.39, 0.29) is 24.9 Å². The van der Waals surface area contributed by atoms with Crippen molar-refractivity contribution in [2.45, 2.75) is 58.0 Å². The largest absolute Gasteiger partial charge is 0.481 e. The summed E-state index contributed by atoms with van der Waals surface area (Å²) in [6, 6.07) is 0. The first-order valence-corrected chi connectivity index (χ1v) is 6.11. The normalized spacial score (nSPS) is 12.1.